The van der Waals surface area contributed by atoms with Gasteiger partial charge in [0.2, 0.25) is 0 Å². The predicted molar refractivity (Wildman–Crippen MR) is 152 cm³/mol. The number of benzene rings is 2. The Hall–Kier alpha value is -3.53. The zero-order valence-electron chi connectivity index (χ0n) is 23.3. The molecular formula is C30H37N5O6. The van der Waals surface area contributed by atoms with Crippen molar-refractivity contribution in [3.8, 4) is 17.2 Å². The number of methoxy groups -OCH3 is 1. The van der Waals surface area contributed by atoms with Gasteiger partial charge >= 0.3 is 5.76 Å². The maximum Gasteiger partial charge on any atom is 0.419 e. The lowest BCUT2D eigenvalue weighted by atomic mass is 10.0. The molecule has 2 N–H and O–H groups in total. The van der Waals surface area contributed by atoms with E-state index in [1.165, 1.54) is 0 Å². The van der Waals surface area contributed by atoms with Crippen molar-refractivity contribution in [1.82, 2.24) is 20.1 Å². The van der Waals surface area contributed by atoms with Crippen molar-refractivity contribution in [1.29, 1.82) is 5.26 Å². The van der Waals surface area contributed by atoms with Crippen LogP contribution in [0.4, 0.5) is 0 Å². The van der Waals surface area contributed by atoms with Crippen LogP contribution in [0.3, 0.4) is 0 Å². The molecule has 2 aliphatic heterocycles. The molecule has 0 aliphatic carbocycles. The Morgan fingerprint density at radius 2 is 1.90 bits per heavy atom. The summed E-state index contributed by atoms with van der Waals surface area (Å²) in [7, 11) is 1.66. The van der Waals surface area contributed by atoms with Gasteiger partial charge in [0.05, 0.1) is 37.5 Å². The van der Waals surface area contributed by atoms with E-state index in [9.17, 15) is 14.9 Å². The van der Waals surface area contributed by atoms with Gasteiger partial charge in [-0.1, -0.05) is 30.3 Å². The molecular weight excluding hydrogens is 526 g/mol. The molecule has 0 radical (unpaired) electrons. The summed E-state index contributed by atoms with van der Waals surface area (Å²) in [5.74, 6) is -0.658. The second-order valence-corrected chi connectivity index (χ2v) is 10.4. The number of aromatic nitrogens is 1. The number of oxazole rings is 1. The Kier molecular flexibility index (Phi) is 9.82. The third kappa shape index (κ3) is 7.41. The van der Waals surface area contributed by atoms with E-state index < -0.39 is 12.1 Å². The largest absolute Gasteiger partial charge is 0.419 e. The molecule has 0 spiro atoms. The smallest absolute Gasteiger partial charge is 0.408 e. The molecule has 11 nitrogen and oxygen atoms in total. The number of hydrogen-bond donors (Lipinski definition) is 2. The summed E-state index contributed by atoms with van der Waals surface area (Å²) in [5.41, 5.74) is 4.18. The second-order valence-electron chi connectivity index (χ2n) is 10.4. The highest BCUT2D eigenvalue weighted by Crippen LogP contribution is 2.25. The number of rotatable bonds is 9. The van der Waals surface area contributed by atoms with Crippen molar-refractivity contribution >= 4 is 17.0 Å². The first-order valence-corrected chi connectivity index (χ1v) is 14.1. The summed E-state index contributed by atoms with van der Waals surface area (Å²) in [6.45, 7) is 5.88. The zero-order valence-corrected chi connectivity index (χ0v) is 23.3. The van der Waals surface area contributed by atoms with Crippen LogP contribution in [0.15, 0.2) is 51.7 Å². The standard InChI is InChI=1S/C30H37N5O6/c1-38-25-8-13-40-28(20-32-19-25)29(36)33-24(18-31)16-21-2-4-22(5-3-21)23-6-7-27-26(17-23)35(30(37)41-27)10-9-34-11-14-39-15-12-34/h2-7,17,24-25,28,32H,8-16,19-20H2,1H3,(H,33,36)/t24-,25-,28-/m0/s1. The van der Waals surface area contributed by atoms with Gasteiger partial charge in [0.25, 0.3) is 5.91 Å². The summed E-state index contributed by atoms with van der Waals surface area (Å²) in [6, 6.07) is 15.1. The van der Waals surface area contributed by atoms with E-state index >= 15 is 0 Å². The SMILES string of the molecule is CO[C@H]1CCO[C@H](C(=O)N[C@H](C#N)Cc2ccc(-c3ccc4oc(=O)n(CCN5CCOCC5)c4c3)cc2)CNC1. The molecule has 11 heteroatoms. The monoisotopic (exact) mass is 563 g/mol. The van der Waals surface area contributed by atoms with Crippen LogP contribution in [0.1, 0.15) is 12.0 Å². The van der Waals surface area contributed by atoms with Crippen molar-refractivity contribution in [2.45, 2.75) is 37.6 Å². The van der Waals surface area contributed by atoms with Crippen LogP contribution in [0.5, 0.6) is 0 Å². The topological polar surface area (TPSA) is 131 Å². The number of ether oxygens (including phenoxy) is 3. The van der Waals surface area contributed by atoms with E-state index in [1.807, 2.05) is 42.5 Å². The lowest BCUT2D eigenvalue weighted by molar-refractivity contribution is -0.134. The van der Waals surface area contributed by atoms with Crippen LogP contribution in [0, 0.1) is 11.3 Å². The van der Waals surface area contributed by atoms with Crippen molar-refractivity contribution in [3.63, 3.8) is 0 Å². The van der Waals surface area contributed by atoms with Gasteiger partial charge in [-0.25, -0.2) is 4.79 Å². The molecule has 3 atom stereocenters. The van der Waals surface area contributed by atoms with Crippen molar-refractivity contribution in [2.24, 2.45) is 0 Å². The van der Waals surface area contributed by atoms with Gasteiger partial charge in [-0.2, -0.15) is 5.26 Å². The minimum atomic E-state index is -0.683. The highest BCUT2D eigenvalue weighted by atomic mass is 16.5. The molecule has 1 aromatic heterocycles. The fraction of sp³-hybridized carbons (Fsp3) is 0.500. The fourth-order valence-electron chi connectivity index (χ4n) is 5.23. The molecule has 5 rings (SSSR count). The van der Waals surface area contributed by atoms with Crippen LogP contribution < -0.4 is 16.4 Å². The van der Waals surface area contributed by atoms with E-state index in [0.717, 1.165) is 41.8 Å². The number of amides is 1. The Morgan fingerprint density at radius 1 is 1.12 bits per heavy atom. The first-order valence-electron chi connectivity index (χ1n) is 14.1. The average Bonchev–Trinajstić information content (AvgIpc) is 3.30. The normalized spacial score (nSPS) is 21.1. The van der Waals surface area contributed by atoms with E-state index in [2.05, 4.69) is 21.6 Å². The molecule has 218 valence electrons. The maximum absolute atomic E-state index is 12.8. The molecule has 2 saturated heterocycles. The number of hydrogen-bond acceptors (Lipinski definition) is 9. The highest BCUT2D eigenvalue weighted by molar-refractivity contribution is 5.82. The number of nitrogens with one attached hydrogen (secondary N) is 2. The molecule has 0 bridgehead atoms. The molecule has 3 aromatic rings. The van der Waals surface area contributed by atoms with Crippen LogP contribution in [-0.2, 0) is 32.0 Å². The Labute approximate surface area is 239 Å². The molecule has 3 heterocycles. The minimum absolute atomic E-state index is 0.0563. The first-order chi connectivity index (χ1) is 20.0. The summed E-state index contributed by atoms with van der Waals surface area (Å²) < 4.78 is 23.7. The molecule has 0 saturated carbocycles. The van der Waals surface area contributed by atoms with Crippen LogP contribution in [-0.4, -0.2) is 93.3 Å². The van der Waals surface area contributed by atoms with Gasteiger partial charge in [0.15, 0.2) is 5.58 Å². The first kappa shape index (κ1) is 29.0. The van der Waals surface area contributed by atoms with Crippen molar-refractivity contribution in [2.75, 3.05) is 59.7 Å². The van der Waals surface area contributed by atoms with Crippen LogP contribution in [0.25, 0.3) is 22.2 Å². The lowest BCUT2D eigenvalue weighted by Crippen LogP contribution is -2.49. The van der Waals surface area contributed by atoms with Gasteiger partial charge in [-0.3, -0.25) is 14.3 Å². The zero-order chi connectivity index (χ0) is 28.6. The third-order valence-electron chi connectivity index (χ3n) is 7.70. The summed E-state index contributed by atoms with van der Waals surface area (Å²) in [5, 5.41) is 15.7. The number of fused-ring (bicyclic) bond motifs is 1. The molecule has 2 aliphatic rings. The number of nitriles is 1. The third-order valence-corrected chi connectivity index (χ3v) is 7.70. The van der Waals surface area contributed by atoms with Gasteiger partial charge in [0.1, 0.15) is 12.1 Å². The summed E-state index contributed by atoms with van der Waals surface area (Å²) >= 11 is 0. The molecule has 1 amide bonds. The average molecular weight is 564 g/mol. The maximum atomic E-state index is 12.8. The molecule has 2 fully saturated rings. The Morgan fingerprint density at radius 3 is 2.66 bits per heavy atom. The van der Waals surface area contributed by atoms with E-state index in [4.69, 9.17) is 18.6 Å². The summed E-state index contributed by atoms with van der Waals surface area (Å²) in [6.07, 6.45) is 0.466. The van der Waals surface area contributed by atoms with E-state index in [0.29, 0.717) is 57.9 Å². The van der Waals surface area contributed by atoms with Gasteiger partial charge in [-0.05, 0) is 35.2 Å². The highest BCUT2D eigenvalue weighted by Gasteiger charge is 2.25. The molecule has 0 unspecified atom stereocenters. The number of carbonyl (C=O) groups is 1. The van der Waals surface area contributed by atoms with Crippen molar-refractivity contribution < 1.29 is 23.4 Å². The fourth-order valence-corrected chi connectivity index (χ4v) is 5.23. The lowest BCUT2D eigenvalue weighted by Gasteiger charge is -2.26. The minimum Gasteiger partial charge on any atom is -0.408 e. The van der Waals surface area contributed by atoms with Crippen LogP contribution in [0.2, 0.25) is 0 Å². The Bertz CT molecular complexity index is 1400. The van der Waals surface area contributed by atoms with Gasteiger partial charge in [-0.15, -0.1) is 0 Å². The van der Waals surface area contributed by atoms with Crippen molar-refractivity contribution in [3.05, 3.63) is 58.6 Å². The number of carbonyl (C=O) groups excluding carboxylic acids is 1. The quantitative estimate of drug-likeness (QED) is 0.398. The predicted octanol–water partition coefficient (Wildman–Crippen LogP) is 1.54. The van der Waals surface area contributed by atoms with E-state index in [-0.39, 0.29) is 17.8 Å². The number of morpholine rings is 1. The van der Waals surface area contributed by atoms with E-state index in [1.54, 1.807) is 11.7 Å². The molecule has 2 aromatic carbocycles. The Balaban J connectivity index is 1.21. The summed E-state index contributed by atoms with van der Waals surface area (Å²) in [4.78, 5) is 27.6. The number of nitrogens with zero attached hydrogens (tertiary/aromatic N) is 3. The van der Waals surface area contributed by atoms with Gasteiger partial charge in [0, 0.05) is 52.8 Å². The second kappa shape index (κ2) is 13.9. The van der Waals surface area contributed by atoms with Crippen LogP contribution >= 0.6 is 0 Å². The molecule has 41 heavy (non-hydrogen) atoms. The van der Waals surface area contributed by atoms with Gasteiger partial charge < -0.3 is 29.3 Å².